The molecule has 4 nitrogen and oxygen atoms in total. The van der Waals surface area contributed by atoms with Crippen molar-refractivity contribution in [3.8, 4) is 5.69 Å². The third-order valence-corrected chi connectivity index (χ3v) is 4.68. The third-order valence-electron chi connectivity index (χ3n) is 3.35. The Morgan fingerprint density at radius 1 is 1.00 bits per heavy atom. The molecule has 118 valence electrons. The van der Waals surface area contributed by atoms with Crippen molar-refractivity contribution in [3.05, 3.63) is 68.1 Å². The van der Waals surface area contributed by atoms with Gasteiger partial charge in [0.2, 0.25) is 0 Å². The van der Waals surface area contributed by atoms with Gasteiger partial charge < -0.3 is 5.32 Å². The maximum absolute atomic E-state index is 5.35. The molecule has 0 saturated carbocycles. The lowest BCUT2D eigenvalue weighted by molar-refractivity contribution is 0.848. The SMILES string of the molecule is S=c1[nH]nc(CCNc2ccc(Br)cc2)n1-c1ccc(Br)cc1. The van der Waals surface area contributed by atoms with E-state index in [0.717, 1.165) is 39.1 Å². The molecule has 2 N–H and O–H groups in total. The summed E-state index contributed by atoms with van der Waals surface area (Å²) in [5.74, 6) is 0.905. The summed E-state index contributed by atoms with van der Waals surface area (Å²) in [7, 11) is 0. The second kappa shape index (κ2) is 7.42. The maximum atomic E-state index is 5.35. The van der Waals surface area contributed by atoms with Crippen molar-refractivity contribution in [1.29, 1.82) is 0 Å². The van der Waals surface area contributed by atoms with E-state index >= 15 is 0 Å². The van der Waals surface area contributed by atoms with Crippen molar-refractivity contribution in [1.82, 2.24) is 14.8 Å². The molecule has 2 aromatic carbocycles. The van der Waals surface area contributed by atoms with E-state index in [0.29, 0.717) is 4.77 Å². The minimum Gasteiger partial charge on any atom is -0.385 e. The van der Waals surface area contributed by atoms with Crippen LogP contribution in [0, 0.1) is 4.77 Å². The Hall–Kier alpha value is -1.44. The fourth-order valence-electron chi connectivity index (χ4n) is 2.24. The van der Waals surface area contributed by atoms with Crippen LogP contribution in [0.2, 0.25) is 0 Å². The minimum atomic E-state index is 0.603. The fraction of sp³-hybridized carbons (Fsp3) is 0.125. The zero-order valence-corrected chi connectivity index (χ0v) is 16.1. The van der Waals surface area contributed by atoms with Crippen molar-refractivity contribution in [2.75, 3.05) is 11.9 Å². The number of H-pyrrole nitrogens is 1. The van der Waals surface area contributed by atoms with Gasteiger partial charge in [-0.25, -0.2) is 0 Å². The van der Waals surface area contributed by atoms with Crippen LogP contribution >= 0.6 is 44.1 Å². The summed E-state index contributed by atoms with van der Waals surface area (Å²) < 4.78 is 4.67. The molecule has 0 saturated heterocycles. The normalized spacial score (nSPS) is 10.7. The van der Waals surface area contributed by atoms with Gasteiger partial charge in [-0.2, -0.15) is 5.10 Å². The highest BCUT2D eigenvalue weighted by Crippen LogP contribution is 2.17. The average molecular weight is 454 g/mol. The van der Waals surface area contributed by atoms with Gasteiger partial charge >= 0.3 is 0 Å². The largest absolute Gasteiger partial charge is 0.385 e. The summed E-state index contributed by atoms with van der Waals surface area (Å²) in [4.78, 5) is 0. The van der Waals surface area contributed by atoms with Crippen LogP contribution in [-0.4, -0.2) is 21.3 Å². The number of hydrogen-bond donors (Lipinski definition) is 2. The van der Waals surface area contributed by atoms with Crippen LogP contribution in [0.15, 0.2) is 57.5 Å². The Morgan fingerprint density at radius 3 is 2.26 bits per heavy atom. The lowest BCUT2D eigenvalue weighted by Crippen LogP contribution is -2.09. The lowest BCUT2D eigenvalue weighted by Gasteiger charge is -2.09. The lowest BCUT2D eigenvalue weighted by atomic mass is 10.3. The molecule has 7 heteroatoms. The molecule has 0 atom stereocenters. The Balaban J connectivity index is 1.72. The maximum Gasteiger partial charge on any atom is 0.199 e. The van der Waals surface area contributed by atoms with Gasteiger partial charge in [0, 0.05) is 33.3 Å². The highest BCUT2D eigenvalue weighted by atomic mass is 79.9. The summed E-state index contributed by atoms with van der Waals surface area (Å²) in [6.07, 6.45) is 0.763. The second-order valence-electron chi connectivity index (χ2n) is 4.94. The number of rotatable bonds is 5. The molecule has 3 aromatic rings. The Labute approximate surface area is 156 Å². The van der Waals surface area contributed by atoms with Crippen LogP contribution < -0.4 is 5.32 Å². The molecule has 0 radical (unpaired) electrons. The van der Waals surface area contributed by atoms with Gasteiger partial charge in [-0.3, -0.25) is 9.67 Å². The van der Waals surface area contributed by atoms with Gasteiger partial charge in [-0.05, 0) is 60.7 Å². The van der Waals surface area contributed by atoms with Gasteiger partial charge in [-0.15, -0.1) is 0 Å². The summed E-state index contributed by atoms with van der Waals surface area (Å²) in [5, 5.41) is 10.6. The molecule has 1 heterocycles. The first-order chi connectivity index (χ1) is 11.1. The van der Waals surface area contributed by atoms with E-state index in [1.54, 1.807) is 0 Å². The standard InChI is InChI=1S/C16H14Br2N4S/c17-11-1-5-13(6-2-11)19-10-9-15-20-21-16(23)22(15)14-7-3-12(18)4-8-14/h1-8,19H,9-10H2,(H,21,23). The second-order valence-corrected chi connectivity index (χ2v) is 7.16. The van der Waals surface area contributed by atoms with Crippen molar-refractivity contribution in [2.24, 2.45) is 0 Å². The Kier molecular flexibility index (Phi) is 5.30. The molecular formula is C16H14Br2N4S. The van der Waals surface area contributed by atoms with Crippen LogP contribution in [0.3, 0.4) is 0 Å². The number of benzene rings is 2. The molecule has 3 rings (SSSR count). The van der Waals surface area contributed by atoms with Gasteiger partial charge in [-0.1, -0.05) is 31.9 Å². The first kappa shape index (κ1) is 16.4. The van der Waals surface area contributed by atoms with E-state index in [-0.39, 0.29) is 0 Å². The molecule has 23 heavy (non-hydrogen) atoms. The molecule has 0 bridgehead atoms. The van der Waals surface area contributed by atoms with Crippen molar-refractivity contribution in [3.63, 3.8) is 0 Å². The topological polar surface area (TPSA) is 45.6 Å². The van der Waals surface area contributed by atoms with Gasteiger partial charge in [0.1, 0.15) is 5.82 Å². The van der Waals surface area contributed by atoms with Crippen LogP contribution in [0.4, 0.5) is 5.69 Å². The Bertz CT molecular complexity index is 838. The predicted octanol–water partition coefficient (Wildman–Crippen LogP) is 5.11. The highest BCUT2D eigenvalue weighted by molar-refractivity contribution is 9.10. The van der Waals surface area contributed by atoms with Crippen molar-refractivity contribution < 1.29 is 0 Å². The quantitative estimate of drug-likeness (QED) is 0.527. The third kappa shape index (κ3) is 4.10. The van der Waals surface area contributed by atoms with Crippen LogP contribution in [0.1, 0.15) is 5.82 Å². The van der Waals surface area contributed by atoms with Gasteiger partial charge in [0.25, 0.3) is 0 Å². The first-order valence-electron chi connectivity index (χ1n) is 7.05. The molecule has 0 amide bonds. The smallest absolute Gasteiger partial charge is 0.199 e. The average Bonchev–Trinajstić information content (AvgIpc) is 2.91. The molecule has 0 aliphatic heterocycles. The molecule has 0 spiro atoms. The summed E-state index contributed by atoms with van der Waals surface area (Å²) >= 11 is 12.2. The van der Waals surface area contributed by atoms with E-state index in [1.807, 2.05) is 53.1 Å². The fourth-order valence-corrected chi connectivity index (χ4v) is 3.03. The molecule has 0 aliphatic rings. The van der Waals surface area contributed by atoms with Crippen LogP contribution in [0.5, 0.6) is 0 Å². The van der Waals surface area contributed by atoms with Crippen LogP contribution in [-0.2, 0) is 6.42 Å². The number of nitrogens with zero attached hydrogens (tertiary/aromatic N) is 2. The zero-order chi connectivity index (χ0) is 16.2. The number of anilines is 1. The number of aromatic nitrogens is 3. The molecule has 0 fully saturated rings. The number of aromatic amines is 1. The zero-order valence-electron chi connectivity index (χ0n) is 12.1. The minimum absolute atomic E-state index is 0.603. The summed E-state index contributed by atoms with van der Waals surface area (Å²) in [6.45, 7) is 0.776. The Morgan fingerprint density at radius 2 is 1.61 bits per heavy atom. The van der Waals surface area contributed by atoms with E-state index < -0.39 is 0 Å². The molecule has 1 aromatic heterocycles. The summed E-state index contributed by atoms with van der Waals surface area (Å²) in [5.41, 5.74) is 2.09. The van der Waals surface area contributed by atoms with E-state index in [1.165, 1.54) is 0 Å². The molecule has 0 unspecified atom stereocenters. The summed E-state index contributed by atoms with van der Waals surface area (Å²) in [6, 6.07) is 16.1. The van der Waals surface area contributed by atoms with E-state index in [9.17, 15) is 0 Å². The first-order valence-corrected chi connectivity index (χ1v) is 9.04. The van der Waals surface area contributed by atoms with Crippen molar-refractivity contribution in [2.45, 2.75) is 6.42 Å². The number of nitrogens with one attached hydrogen (secondary N) is 2. The monoisotopic (exact) mass is 452 g/mol. The van der Waals surface area contributed by atoms with Crippen LogP contribution in [0.25, 0.3) is 5.69 Å². The molecular weight excluding hydrogens is 440 g/mol. The van der Waals surface area contributed by atoms with Gasteiger partial charge in [0.15, 0.2) is 4.77 Å². The molecule has 0 aliphatic carbocycles. The van der Waals surface area contributed by atoms with Gasteiger partial charge in [0.05, 0.1) is 0 Å². The predicted molar refractivity (Wildman–Crippen MR) is 103 cm³/mol. The van der Waals surface area contributed by atoms with E-state index in [2.05, 4.69) is 47.4 Å². The number of hydrogen-bond acceptors (Lipinski definition) is 3. The highest BCUT2D eigenvalue weighted by Gasteiger charge is 2.08. The van der Waals surface area contributed by atoms with E-state index in [4.69, 9.17) is 12.2 Å². The van der Waals surface area contributed by atoms with Crippen molar-refractivity contribution >= 4 is 49.8 Å². The number of halogens is 2.